The van der Waals surface area contributed by atoms with Crippen LogP contribution in [-0.4, -0.2) is 14.2 Å². The Bertz CT molecular complexity index is 614. The molecule has 2 N–H and O–H groups in total. The van der Waals surface area contributed by atoms with Gasteiger partial charge < -0.3 is 15.2 Å². The van der Waals surface area contributed by atoms with Gasteiger partial charge in [0.15, 0.2) is 0 Å². The molecule has 0 fully saturated rings. The lowest BCUT2D eigenvalue weighted by Gasteiger charge is -2.22. The van der Waals surface area contributed by atoms with Gasteiger partial charge in [-0.15, -0.1) is 0 Å². The highest BCUT2D eigenvalue weighted by Gasteiger charge is 2.29. The third kappa shape index (κ3) is 2.61. The molecule has 3 nitrogen and oxygen atoms in total. The molecule has 0 aromatic heterocycles. The van der Waals surface area contributed by atoms with Gasteiger partial charge in [0.05, 0.1) is 14.2 Å². The second-order valence-electron chi connectivity index (χ2n) is 5.57. The zero-order valence-electron chi connectivity index (χ0n) is 12.5. The summed E-state index contributed by atoms with van der Waals surface area (Å²) < 4.78 is 10.8. The second-order valence-corrected chi connectivity index (χ2v) is 5.57. The van der Waals surface area contributed by atoms with E-state index in [4.69, 9.17) is 15.2 Å². The third-order valence-corrected chi connectivity index (χ3v) is 4.39. The van der Waals surface area contributed by atoms with Crippen molar-refractivity contribution in [2.24, 2.45) is 11.7 Å². The maximum absolute atomic E-state index is 6.54. The van der Waals surface area contributed by atoms with Crippen molar-refractivity contribution in [1.82, 2.24) is 0 Å². The summed E-state index contributed by atoms with van der Waals surface area (Å²) in [5, 5.41) is 0. The number of rotatable bonds is 4. The zero-order valence-corrected chi connectivity index (χ0v) is 12.5. The van der Waals surface area contributed by atoms with Gasteiger partial charge in [0, 0.05) is 11.6 Å². The van der Waals surface area contributed by atoms with Crippen molar-refractivity contribution >= 4 is 0 Å². The highest BCUT2D eigenvalue weighted by molar-refractivity contribution is 5.43. The van der Waals surface area contributed by atoms with E-state index in [0.29, 0.717) is 5.92 Å². The third-order valence-electron chi connectivity index (χ3n) is 4.39. The average molecular weight is 283 g/mol. The fourth-order valence-electron chi connectivity index (χ4n) is 3.20. The zero-order chi connectivity index (χ0) is 14.8. The standard InChI is InChI=1S/C18H21NO2/c1-20-15-7-8-17(21-2)16(11-15)18(19)14-9-12-5-3-4-6-13(12)10-14/h3-8,11,14,18H,9-10,19H2,1-2H3. The molecule has 1 aliphatic rings. The summed E-state index contributed by atoms with van der Waals surface area (Å²) in [6.45, 7) is 0. The SMILES string of the molecule is COc1ccc(OC)c(C(N)C2Cc3ccccc3C2)c1. The maximum atomic E-state index is 6.54. The van der Waals surface area contributed by atoms with Crippen molar-refractivity contribution in [2.45, 2.75) is 18.9 Å². The van der Waals surface area contributed by atoms with E-state index in [-0.39, 0.29) is 6.04 Å². The van der Waals surface area contributed by atoms with Crippen LogP contribution in [0, 0.1) is 5.92 Å². The molecule has 0 saturated carbocycles. The van der Waals surface area contributed by atoms with Crippen LogP contribution >= 0.6 is 0 Å². The summed E-state index contributed by atoms with van der Waals surface area (Å²) in [6.07, 6.45) is 2.05. The Labute approximate surface area is 125 Å². The van der Waals surface area contributed by atoms with Crippen LogP contribution in [0.4, 0.5) is 0 Å². The van der Waals surface area contributed by atoms with E-state index in [1.54, 1.807) is 14.2 Å². The molecule has 0 amide bonds. The first-order valence-corrected chi connectivity index (χ1v) is 7.27. The van der Waals surface area contributed by atoms with Crippen molar-refractivity contribution in [3.63, 3.8) is 0 Å². The van der Waals surface area contributed by atoms with Crippen LogP contribution in [0.1, 0.15) is 22.7 Å². The first-order chi connectivity index (χ1) is 10.2. The smallest absolute Gasteiger partial charge is 0.123 e. The summed E-state index contributed by atoms with van der Waals surface area (Å²) in [6, 6.07) is 14.4. The van der Waals surface area contributed by atoms with E-state index in [9.17, 15) is 0 Å². The van der Waals surface area contributed by atoms with Gasteiger partial charge in [0.1, 0.15) is 11.5 Å². The average Bonchev–Trinajstić information content (AvgIpc) is 2.97. The number of hydrogen-bond acceptors (Lipinski definition) is 3. The normalized spacial score (nSPS) is 15.6. The molecule has 0 radical (unpaired) electrons. The number of nitrogens with two attached hydrogens (primary N) is 1. The minimum Gasteiger partial charge on any atom is -0.497 e. The van der Waals surface area contributed by atoms with E-state index in [1.807, 2.05) is 18.2 Å². The van der Waals surface area contributed by atoms with Crippen molar-refractivity contribution in [2.75, 3.05) is 14.2 Å². The lowest BCUT2D eigenvalue weighted by Crippen LogP contribution is -2.22. The highest BCUT2D eigenvalue weighted by atomic mass is 16.5. The van der Waals surface area contributed by atoms with E-state index in [1.165, 1.54) is 11.1 Å². The Balaban J connectivity index is 1.88. The predicted octanol–water partition coefficient (Wildman–Crippen LogP) is 3.12. The minimum absolute atomic E-state index is 0.0533. The van der Waals surface area contributed by atoms with Gasteiger partial charge in [0.25, 0.3) is 0 Å². The Morgan fingerprint density at radius 1 is 1.00 bits per heavy atom. The van der Waals surface area contributed by atoms with Crippen LogP contribution in [0.25, 0.3) is 0 Å². The predicted molar refractivity (Wildman–Crippen MR) is 83.8 cm³/mol. The number of fused-ring (bicyclic) bond motifs is 1. The lowest BCUT2D eigenvalue weighted by molar-refractivity contribution is 0.379. The van der Waals surface area contributed by atoms with Gasteiger partial charge in [-0.2, -0.15) is 0 Å². The summed E-state index contributed by atoms with van der Waals surface area (Å²) in [4.78, 5) is 0. The molecule has 1 atom stereocenters. The van der Waals surface area contributed by atoms with Crippen molar-refractivity contribution in [1.29, 1.82) is 0 Å². The molecule has 1 aliphatic carbocycles. The quantitative estimate of drug-likeness (QED) is 0.937. The monoisotopic (exact) mass is 283 g/mol. The van der Waals surface area contributed by atoms with Gasteiger partial charge in [-0.05, 0) is 48.1 Å². The molecule has 0 heterocycles. The molecule has 0 bridgehead atoms. The van der Waals surface area contributed by atoms with E-state index < -0.39 is 0 Å². The van der Waals surface area contributed by atoms with Crippen LogP contribution in [-0.2, 0) is 12.8 Å². The summed E-state index contributed by atoms with van der Waals surface area (Å²) in [5.41, 5.74) is 10.4. The lowest BCUT2D eigenvalue weighted by atomic mass is 9.90. The van der Waals surface area contributed by atoms with E-state index in [2.05, 4.69) is 24.3 Å². The molecule has 2 aromatic rings. The molecule has 0 spiro atoms. The largest absolute Gasteiger partial charge is 0.497 e. The Kier molecular flexibility index (Phi) is 3.84. The number of benzene rings is 2. The first-order valence-electron chi connectivity index (χ1n) is 7.27. The fraction of sp³-hybridized carbons (Fsp3) is 0.333. The number of methoxy groups -OCH3 is 2. The number of hydrogen-bond donors (Lipinski definition) is 1. The van der Waals surface area contributed by atoms with E-state index in [0.717, 1.165) is 29.9 Å². The molecule has 0 saturated heterocycles. The minimum atomic E-state index is -0.0533. The molecular formula is C18H21NO2. The summed E-state index contributed by atoms with van der Waals surface area (Å²) in [5.74, 6) is 2.06. The van der Waals surface area contributed by atoms with Crippen LogP contribution in [0.15, 0.2) is 42.5 Å². The topological polar surface area (TPSA) is 44.5 Å². The van der Waals surface area contributed by atoms with Gasteiger partial charge in [0.2, 0.25) is 0 Å². The molecule has 3 heteroatoms. The summed E-state index contributed by atoms with van der Waals surface area (Å²) in [7, 11) is 3.35. The highest BCUT2D eigenvalue weighted by Crippen LogP contribution is 2.38. The first kappa shape index (κ1) is 14.0. The summed E-state index contributed by atoms with van der Waals surface area (Å²) >= 11 is 0. The molecular weight excluding hydrogens is 262 g/mol. The molecule has 0 aliphatic heterocycles. The fourth-order valence-corrected chi connectivity index (χ4v) is 3.20. The Hall–Kier alpha value is -2.00. The Morgan fingerprint density at radius 2 is 1.67 bits per heavy atom. The van der Waals surface area contributed by atoms with Gasteiger partial charge in [-0.1, -0.05) is 24.3 Å². The molecule has 1 unspecified atom stereocenters. The van der Waals surface area contributed by atoms with Crippen LogP contribution in [0.5, 0.6) is 11.5 Å². The van der Waals surface area contributed by atoms with Gasteiger partial charge >= 0.3 is 0 Å². The van der Waals surface area contributed by atoms with Crippen molar-refractivity contribution in [3.8, 4) is 11.5 Å². The Morgan fingerprint density at radius 3 is 2.24 bits per heavy atom. The molecule has 3 rings (SSSR count). The van der Waals surface area contributed by atoms with Crippen molar-refractivity contribution < 1.29 is 9.47 Å². The van der Waals surface area contributed by atoms with Gasteiger partial charge in [-0.3, -0.25) is 0 Å². The van der Waals surface area contributed by atoms with Crippen LogP contribution < -0.4 is 15.2 Å². The molecule has 110 valence electrons. The molecule has 21 heavy (non-hydrogen) atoms. The van der Waals surface area contributed by atoms with E-state index >= 15 is 0 Å². The number of ether oxygens (including phenoxy) is 2. The van der Waals surface area contributed by atoms with Gasteiger partial charge in [-0.25, -0.2) is 0 Å². The van der Waals surface area contributed by atoms with Crippen molar-refractivity contribution in [3.05, 3.63) is 59.2 Å². The van der Waals surface area contributed by atoms with Crippen LogP contribution in [0.3, 0.4) is 0 Å². The molecule has 2 aromatic carbocycles. The second kappa shape index (κ2) is 5.78. The maximum Gasteiger partial charge on any atom is 0.123 e. The van der Waals surface area contributed by atoms with Crippen LogP contribution in [0.2, 0.25) is 0 Å².